The summed E-state index contributed by atoms with van der Waals surface area (Å²) < 4.78 is 33.8. The predicted octanol–water partition coefficient (Wildman–Crippen LogP) is 1.50. The Morgan fingerprint density at radius 1 is 1.33 bits per heavy atom. The molecule has 1 N–H and O–H groups in total. The molecular formula is C15H18N4O3S2. The van der Waals surface area contributed by atoms with Crippen LogP contribution < -0.4 is 9.46 Å². The maximum absolute atomic E-state index is 12.1. The Morgan fingerprint density at radius 3 is 3.04 bits per heavy atom. The summed E-state index contributed by atoms with van der Waals surface area (Å²) in [5.41, 5.74) is 1.88. The lowest BCUT2D eigenvalue weighted by atomic mass is 10.2. The number of nitrogens with one attached hydrogen (secondary N) is 1. The van der Waals surface area contributed by atoms with Crippen LogP contribution >= 0.6 is 11.3 Å². The van der Waals surface area contributed by atoms with E-state index in [0.717, 1.165) is 22.0 Å². The number of fused-ring (bicyclic) bond motifs is 1. The molecule has 0 aliphatic heterocycles. The number of nitrogens with zero attached hydrogens (tertiary/aromatic N) is 3. The summed E-state index contributed by atoms with van der Waals surface area (Å²) in [4.78, 5) is 4.91. The number of hydrogen-bond donors (Lipinski definition) is 1. The lowest BCUT2D eigenvalue weighted by Crippen LogP contribution is -2.29. The highest BCUT2D eigenvalue weighted by Gasteiger charge is 2.12. The SMILES string of the molecule is COc1cccc(CCS(=O)(=O)NCCc2csc3ncnn23)c1. The van der Waals surface area contributed by atoms with Crippen molar-refractivity contribution in [1.29, 1.82) is 0 Å². The molecule has 1 aromatic carbocycles. The van der Waals surface area contributed by atoms with E-state index in [-0.39, 0.29) is 5.75 Å². The van der Waals surface area contributed by atoms with Gasteiger partial charge in [0.15, 0.2) is 0 Å². The zero-order chi connectivity index (χ0) is 17.0. The number of aryl methyl sites for hydroxylation is 1. The van der Waals surface area contributed by atoms with Crippen LogP contribution in [-0.2, 0) is 22.9 Å². The summed E-state index contributed by atoms with van der Waals surface area (Å²) >= 11 is 1.49. The van der Waals surface area contributed by atoms with Crippen LogP contribution in [0, 0.1) is 0 Å². The number of methoxy groups -OCH3 is 1. The maximum Gasteiger partial charge on any atom is 0.212 e. The fourth-order valence-corrected chi connectivity index (χ4v) is 4.22. The largest absolute Gasteiger partial charge is 0.497 e. The fourth-order valence-electron chi connectivity index (χ4n) is 2.33. The predicted molar refractivity (Wildman–Crippen MR) is 93.1 cm³/mol. The van der Waals surface area contributed by atoms with Crippen molar-refractivity contribution in [3.63, 3.8) is 0 Å². The van der Waals surface area contributed by atoms with Crippen LogP contribution in [0.5, 0.6) is 5.75 Å². The van der Waals surface area contributed by atoms with Crippen molar-refractivity contribution in [2.24, 2.45) is 0 Å². The molecule has 3 rings (SSSR count). The summed E-state index contributed by atoms with van der Waals surface area (Å²) in [6.07, 6.45) is 2.51. The van der Waals surface area contributed by atoms with Crippen LogP contribution in [-0.4, -0.2) is 42.4 Å². The molecule has 2 heterocycles. The lowest BCUT2D eigenvalue weighted by Gasteiger charge is -2.07. The molecule has 128 valence electrons. The van der Waals surface area contributed by atoms with Crippen molar-refractivity contribution in [3.05, 3.63) is 47.2 Å². The second-order valence-corrected chi connectivity index (χ2v) is 8.01. The molecule has 0 bridgehead atoms. The van der Waals surface area contributed by atoms with Crippen molar-refractivity contribution < 1.29 is 13.2 Å². The van der Waals surface area contributed by atoms with Crippen LogP contribution in [0.1, 0.15) is 11.3 Å². The van der Waals surface area contributed by atoms with E-state index in [9.17, 15) is 8.42 Å². The van der Waals surface area contributed by atoms with Crippen LogP contribution in [0.25, 0.3) is 4.96 Å². The summed E-state index contributed by atoms with van der Waals surface area (Å²) in [6, 6.07) is 7.43. The fraction of sp³-hybridized carbons (Fsp3) is 0.333. The number of sulfonamides is 1. The van der Waals surface area contributed by atoms with Gasteiger partial charge in [-0.25, -0.2) is 22.6 Å². The van der Waals surface area contributed by atoms with Crippen molar-refractivity contribution in [3.8, 4) is 5.75 Å². The molecule has 0 saturated heterocycles. The molecule has 3 aromatic rings. The van der Waals surface area contributed by atoms with Crippen molar-refractivity contribution in [1.82, 2.24) is 19.3 Å². The zero-order valence-corrected chi connectivity index (χ0v) is 14.8. The first kappa shape index (κ1) is 16.9. The van der Waals surface area contributed by atoms with Gasteiger partial charge < -0.3 is 4.74 Å². The highest BCUT2D eigenvalue weighted by Crippen LogP contribution is 2.14. The summed E-state index contributed by atoms with van der Waals surface area (Å²) in [6.45, 7) is 0.339. The topological polar surface area (TPSA) is 85.6 Å². The van der Waals surface area contributed by atoms with E-state index >= 15 is 0 Å². The molecule has 0 amide bonds. The Labute approximate surface area is 144 Å². The molecule has 9 heteroatoms. The molecule has 0 atom stereocenters. The van der Waals surface area contributed by atoms with Crippen molar-refractivity contribution >= 4 is 26.3 Å². The van der Waals surface area contributed by atoms with Gasteiger partial charge in [-0.2, -0.15) is 5.10 Å². The van der Waals surface area contributed by atoms with Gasteiger partial charge in [0.1, 0.15) is 12.1 Å². The standard InChI is InChI=1S/C15H18N4O3S2/c1-22-14-4-2-3-12(9-14)6-8-24(20,21)18-7-5-13-10-23-15-16-11-17-19(13)15/h2-4,9-11,18H,5-8H2,1H3. The third kappa shape index (κ3) is 4.11. The van der Waals surface area contributed by atoms with E-state index in [1.165, 1.54) is 17.7 Å². The lowest BCUT2D eigenvalue weighted by molar-refractivity contribution is 0.414. The smallest absolute Gasteiger partial charge is 0.212 e. The van der Waals surface area contributed by atoms with Gasteiger partial charge in [0.25, 0.3) is 0 Å². The van der Waals surface area contributed by atoms with E-state index in [2.05, 4.69) is 14.8 Å². The normalized spacial score (nSPS) is 11.9. The quantitative estimate of drug-likeness (QED) is 0.653. The van der Waals surface area contributed by atoms with Gasteiger partial charge in [-0.05, 0) is 24.1 Å². The summed E-state index contributed by atoms with van der Waals surface area (Å²) in [7, 11) is -1.73. The molecule has 0 aliphatic carbocycles. The second-order valence-electron chi connectivity index (χ2n) is 5.25. The molecule has 0 unspecified atom stereocenters. The number of thiazole rings is 1. The highest BCUT2D eigenvalue weighted by molar-refractivity contribution is 7.89. The number of rotatable bonds is 8. The van der Waals surface area contributed by atoms with Gasteiger partial charge in [0, 0.05) is 18.3 Å². The highest BCUT2D eigenvalue weighted by atomic mass is 32.2. The van der Waals surface area contributed by atoms with Gasteiger partial charge in [-0.1, -0.05) is 12.1 Å². The molecule has 0 radical (unpaired) electrons. The van der Waals surface area contributed by atoms with E-state index in [4.69, 9.17) is 4.74 Å². The first-order valence-electron chi connectivity index (χ1n) is 7.44. The average molecular weight is 366 g/mol. The van der Waals surface area contributed by atoms with Crippen LogP contribution in [0.3, 0.4) is 0 Å². The van der Waals surface area contributed by atoms with Gasteiger partial charge in [-0.15, -0.1) is 11.3 Å². The molecule has 2 aromatic heterocycles. The van der Waals surface area contributed by atoms with Crippen LogP contribution in [0.4, 0.5) is 0 Å². The van der Waals surface area contributed by atoms with Crippen LogP contribution in [0.15, 0.2) is 36.0 Å². The third-order valence-corrected chi connectivity index (χ3v) is 5.85. The van der Waals surface area contributed by atoms with E-state index < -0.39 is 10.0 Å². The molecule has 0 aliphatic rings. The first-order chi connectivity index (χ1) is 11.6. The minimum atomic E-state index is -3.33. The molecule has 0 saturated carbocycles. The van der Waals surface area contributed by atoms with E-state index in [1.54, 1.807) is 11.6 Å². The van der Waals surface area contributed by atoms with Gasteiger partial charge >= 0.3 is 0 Å². The van der Waals surface area contributed by atoms with Crippen LogP contribution in [0.2, 0.25) is 0 Å². The third-order valence-electron chi connectivity index (χ3n) is 3.59. The van der Waals surface area contributed by atoms with Gasteiger partial charge in [0.2, 0.25) is 15.0 Å². The average Bonchev–Trinajstić information content (AvgIpc) is 3.18. The maximum atomic E-state index is 12.1. The Bertz CT molecular complexity index is 918. The van der Waals surface area contributed by atoms with E-state index in [0.29, 0.717) is 19.4 Å². The monoisotopic (exact) mass is 366 g/mol. The Morgan fingerprint density at radius 2 is 2.21 bits per heavy atom. The molecule has 0 fully saturated rings. The molecule has 24 heavy (non-hydrogen) atoms. The Kier molecular flexibility index (Phi) is 5.12. The summed E-state index contributed by atoms with van der Waals surface area (Å²) in [5.74, 6) is 0.773. The number of benzene rings is 1. The number of aromatic nitrogens is 3. The van der Waals surface area contributed by atoms with Crippen molar-refractivity contribution in [2.75, 3.05) is 19.4 Å². The minimum absolute atomic E-state index is 0.0442. The first-order valence-corrected chi connectivity index (χ1v) is 9.97. The molecule has 0 spiro atoms. The second kappa shape index (κ2) is 7.29. The Hall–Kier alpha value is -1.97. The van der Waals surface area contributed by atoms with E-state index in [1.807, 2.05) is 29.6 Å². The molecule has 7 nitrogen and oxygen atoms in total. The van der Waals surface area contributed by atoms with Gasteiger partial charge in [-0.3, -0.25) is 0 Å². The summed E-state index contributed by atoms with van der Waals surface area (Å²) in [5, 5.41) is 6.06. The number of ether oxygens (including phenoxy) is 1. The Balaban J connectivity index is 1.51. The zero-order valence-electron chi connectivity index (χ0n) is 13.2. The van der Waals surface area contributed by atoms with Crippen molar-refractivity contribution in [2.45, 2.75) is 12.8 Å². The minimum Gasteiger partial charge on any atom is -0.497 e. The van der Waals surface area contributed by atoms with Gasteiger partial charge in [0.05, 0.1) is 18.6 Å². The molecular weight excluding hydrogens is 348 g/mol. The number of hydrogen-bond acceptors (Lipinski definition) is 6.